The zero-order valence-corrected chi connectivity index (χ0v) is 14.0. The number of anilines is 2. The van der Waals surface area contributed by atoms with Crippen LogP contribution in [0.3, 0.4) is 0 Å². The maximum Gasteiger partial charge on any atom is 0.258 e. The van der Waals surface area contributed by atoms with Crippen LogP contribution in [-0.4, -0.2) is 37.3 Å². The van der Waals surface area contributed by atoms with Gasteiger partial charge in [-0.1, -0.05) is 0 Å². The summed E-state index contributed by atoms with van der Waals surface area (Å²) in [4.78, 5) is 16.0. The topological polar surface area (TPSA) is 43.8 Å². The molecule has 2 aromatic rings. The van der Waals surface area contributed by atoms with Crippen LogP contribution >= 0.6 is 0 Å². The van der Waals surface area contributed by atoms with Gasteiger partial charge in [-0.3, -0.25) is 4.79 Å². The lowest BCUT2D eigenvalue weighted by Gasteiger charge is -2.31. The molecule has 6 heteroatoms. The van der Waals surface area contributed by atoms with Gasteiger partial charge >= 0.3 is 0 Å². The minimum absolute atomic E-state index is 0.234. The summed E-state index contributed by atoms with van der Waals surface area (Å²) in [5, 5.41) is 9.57. The normalized spacial score (nSPS) is 15.3. The highest BCUT2D eigenvalue weighted by Crippen LogP contribution is 2.23. The largest absolute Gasteiger partial charge is 0.393 e. The zero-order chi connectivity index (χ0) is 18.0. The van der Waals surface area contributed by atoms with Gasteiger partial charge in [-0.2, -0.15) is 0 Å². The summed E-state index contributed by atoms with van der Waals surface area (Å²) in [5.41, 5.74) is 1.75. The Bertz CT molecular complexity index is 757. The smallest absolute Gasteiger partial charge is 0.258 e. The molecule has 132 valence electrons. The second kappa shape index (κ2) is 7.19. The van der Waals surface area contributed by atoms with Gasteiger partial charge in [-0.05, 0) is 49.2 Å². The molecule has 1 amide bonds. The van der Waals surface area contributed by atoms with Crippen LogP contribution in [0.2, 0.25) is 0 Å². The minimum Gasteiger partial charge on any atom is -0.393 e. The Morgan fingerprint density at radius 1 is 1.08 bits per heavy atom. The quantitative estimate of drug-likeness (QED) is 0.928. The Balaban J connectivity index is 1.72. The fraction of sp³-hybridized carbons (Fsp3) is 0.316. The number of hydrogen-bond donors (Lipinski definition) is 1. The van der Waals surface area contributed by atoms with Crippen molar-refractivity contribution in [3.63, 3.8) is 0 Å². The molecule has 0 spiro atoms. The van der Waals surface area contributed by atoms with E-state index in [2.05, 4.69) is 4.90 Å². The molecule has 0 bridgehead atoms. The maximum atomic E-state index is 13.4. The fourth-order valence-electron chi connectivity index (χ4n) is 2.94. The molecule has 1 fully saturated rings. The predicted octanol–water partition coefficient (Wildman–Crippen LogP) is 3.20. The van der Waals surface area contributed by atoms with Crippen LogP contribution in [0.15, 0.2) is 42.5 Å². The van der Waals surface area contributed by atoms with E-state index in [4.69, 9.17) is 0 Å². The monoisotopic (exact) mass is 346 g/mol. The summed E-state index contributed by atoms with van der Waals surface area (Å²) in [6, 6.07) is 10.5. The van der Waals surface area contributed by atoms with Gasteiger partial charge in [0.2, 0.25) is 0 Å². The Hall–Kier alpha value is -2.47. The van der Waals surface area contributed by atoms with Crippen LogP contribution in [0.5, 0.6) is 0 Å². The average molecular weight is 346 g/mol. The van der Waals surface area contributed by atoms with Crippen LogP contribution in [0.4, 0.5) is 20.2 Å². The van der Waals surface area contributed by atoms with Crippen molar-refractivity contribution in [1.82, 2.24) is 0 Å². The number of aliphatic hydroxyl groups is 1. The first-order valence-electron chi connectivity index (χ1n) is 8.22. The molecule has 3 rings (SSSR count). The highest BCUT2D eigenvalue weighted by Gasteiger charge is 2.19. The molecule has 0 aliphatic carbocycles. The number of carbonyl (C=O) groups excluding carboxylic acids is 1. The van der Waals surface area contributed by atoms with E-state index in [0.717, 1.165) is 43.8 Å². The molecule has 1 heterocycles. The first-order valence-corrected chi connectivity index (χ1v) is 8.22. The van der Waals surface area contributed by atoms with Crippen molar-refractivity contribution >= 4 is 17.3 Å². The molecule has 2 aromatic carbocycles. The van der Waals surface area contributed by atoms with Crippen LogP contribution in [-0.2, 0) is 0 Å². The zero-order valence-electron chi connectivity index (χ0n) is 14.0. The van der Waals surface area contributed by atoms with Crippen LogP contribution in [0, 0.1) is 11.6 Å². The van der Waals surface area contributed by atoms with Gasteiger partial charge in [0, 0.05) is 43.1 Å². The molecule has 1 aliphatic rings. The number of aliphatic hydroxyl groups excluding tert-OH is 1. The molecule has 0 saturated carbocycles. The Morgan fingerprint density at radius 3 is 2.32 bits per heavy atom. The van der Waals surface area contributed by atoms with Crippen LogP contribution in [0.25, 0.3) is 0 Å². The summed E-state index contributed by atoms with van der Waals surface area (Å²) >= 11 is 0. The Morgan fingerprint density at radius 2 is 1.72 bits per heavy atom. The van der Waals surface area contributed by atoms with E-state index < -0.39 is 11.6 Å². The summed E-state index contributed by atoms with van der Waals surface area (Å²) in [6.07, 6.45) is 1.24. The second-order valence-electron chi connectivity index (χ2n) is 6.23. The highest BCUT2D eigenvalue weighted by atomic mass is 19.2. The van der Waals surface area contributed by atoms with Gasteiger partial charge in [0.25, 0.3) is 5.91 Å². The number of carbonyl (C=O) groups is 1. The van der Waals surface area contributed by atoms with Crippen molar-refractivity contribution in [3.8, 4) is 0 Å². The van der Waals surface area contributed by atoms with Gasteiger partial charge in [-0.15, -0.1) is 0 Å². The van der Waals surface area contributed by atoms with Crippen molar-refractivity contribution in [3.05, 3.63) is 59.7 Å². The molecule has 25 heavy (non-hydrogen) atoms. The summed E-state index contributed by atoms with van der Waals surface area (Å²) < 4.78 is 26.4. The lowest BCUT2D eigenvalue weighted by Crippen LogP contribution is -2.35. The van der Waals surface area contributed by atoms with Crippen molar-refractivity contribution < 1.29 is 18.7 Å². The van der Waals surface area contributed by atoms with Gasteiger partial charge in [-0.25, -0.2) is 8.78 Å². The van der Waals surface area contributed by atoms with E-state index in [-0.39, 0.29) is 17.7 Å². The number of rotatable bonds is 3. The summed E-state index contributed by atoms with van der Waals surface area (Å²) in [6.45, 7) is 1.56. The molecule has 0 unspecified atom stereocenters. The maximum absolute atomic E-state index is 13.4. The van der Waals surface area contributed by atoms with E-state index >= 15 is 0 Å². The van der Waals surface area contributed by atoms with Crippen molar-refractivity contribution in [2.24, 2.45) is 0 Å². The minimum atomic E-state index is -0.986. The third-order valence-electron chi connectivity index (χ3n) is 4.54. The molecule has 1 saturated heterocycles. The molecular formula is C19H20F2N2O2. The van der Waals surface area contributed by atoms with E-state index in [9.17, 15) is 18.7 Å². The van der Waals surface area contributed by atoms with Crippen LogP contribution < -0.4 is 9.80 Å². The van der Waals surface area contributed by atoms with Crippen molar-refractivity contribution in [1.29, 1.82) is 0 Å². The summed E-state index contributed by atoms with van der Waals surface area (Å²) in [7, 11) is 1.52. The first kappa shape index (κ1) is 17.4. The molecule has 0 radical (unpaired) electrons. The molecule has 4 nitrogen and oxygen atoms in total. The van der Waals surface area contributed by atoms with Crippen LogP contribution in [0.1, 0.15) is 23.2 Å². The van der Waals surface area contributed by atoms with Gasteiger partial charge in [0.05, 0.1) is 6.10 Å². The lowest BCUT2D eigenvalue weighted by molar-refractivity contribution is 0.0993. The second-order valence-corrected chi connectivity index (χ2v) is 6.23. The van der Waals surface area contributed by atoms with Gasteiger partial charge < -0.3 is 14.9 Å². The molecular weight excluding hydrogens is 326 g/mol. The van der Waals surface area contributed by atoms with Gasteiger partial charge in [0.1, 0.15) is 0 Å². The highest BCUT2D eigenvalue weighted by molar-refractivity contribution is 6.05. The number of amides is 1. The van der Waals surface area contributed by atoms with Gasteiger partial charge in [0.15, 0.2) is 11.6 Å². The molecule has 1 N–H and O–H groups in total. The standard InChI is InChI=1S/C19H20F2N2O2/c1-22(15-6-7-17(20)18(21)12-15)19(25)13-2-4-14(5-3-13)23-10-8-16(24)9-11-23/h2-7,12,16,24H,8-11H2,1H3. The van der Waals surface area contributed by atoms with Crippen molar-refractivity contribution in [2.75, 3.05) is 29.9 Å². The lowest BCUT2D eigenvalue weighted by atomic mass is 10.1. The number of halogens is 2. The van der Waals surface area contributed by atoms with E-state index in [0.29, 0.717) is 5.56 Å². The van der Waals surface area contributed by atoms with E-state index in [1.54, 1.807) is 12.1 Å². The fourth-order valence-corrected chi connectivity index (χ4v) is 2.94. The first-order chi connectivity index (χ1) is 12.0. The SMILES string of the molecule is CN(C(=O)c1ccc(N2CCC(O)CC2)cc1)c1ccc(F)c(F)c1. The van der Waals surface area contributed by atoms with Crippen molar-refractivity contribution in [2.45, 2.75) is 18.9 Å². The molecule has 0 aromatic heterocycles. The number of nitrogens with zero attached hydrogens (tertiary/aromatic N) is 2. The van der Waals surface area contributed by atoms with E-state index in [1.807, 2.05) is 12.1 Å². The molecule has 1 aliphatic heterocycles. The third-order valence-corrected chi connectivity index (χ3v) is 4.54. The summed E-state index contributed by atoms with van der Waals surface area (Å²) in [5.74, 6) is -2.23. The number of benzene rings is 2. The molecule has 0 atom stereocenters. The Labute approximate surface area is 145 Å². The number of hydrogen-bond acceptors (Lipinski definition) is 3. The van der Waals surface area contributed by atoms with E-state index in [1.165, 1.54) is 18.0 Å². The number of piperidine rings is 1. The Kier molecular flexibility index (Phi) is 4.99. The third kappa shape index (κ3) is 3.79. The average Bonchev–Trinajstić information content (AvgIpc) is 2.63. The predicted molar refractivity (Wildman–Crippen MR) is 93.0 cm³/mol.